The number of halogens is 1. The average molecular weight is 359 g/mol. The van der Waals surface area contributed by atoms with Gasteiger partial charge < -0.3 is 10.0 Å². The van der Waals surface area contributed by atoms with Crippen molar-refractivity contribution in [1.29, 1.82) is 0 Å². The monoisotopic (exact) mass is 359 g/mol. The van der Waals surface area contributed by atoms with E-state index in [1.165, 1.54) is 6.42 Å². The molecule has 1 saturated heterocycles. The van der Waals surface area contributed by atoms with E-state index in [0.29, 0.717) is 11.5 Å². The lowest BCUT2D eigenvalue weighted by Gasteiger charge is -2.32. The first-order valence-electron chi connectivity index (χ1n) is 6.39. The maximum Gasteiger partial charge on any atom is 0.253 e. The summed E-state index contributed by atoms with van der Waals surface area (Å²) in [7, 11) is 0. The van der Waals surface area contributed by atoms with Crippen LogP contribution in [0.3, 0.4) is 0 Å². The van der Waals surface area contributed by atoms with Crippen molar-refractivity contribution < 1.29 is 9.90 Å². The van der Waals surface area contributed by atoms with Gasteiger partial charge in [0.1, 0.15) is 5.75 Å². The number of likely N-dealkylation sites (tertiary alicyclic amines) is 1. The first kappa shape index (κ1) is 13.6. The highest BCUT2D eigenvalue weighted by Gasteiger charge is 2.23. The van der Waals surface area contributed by atoms with Crippen molar-refractivity contribution in [3.8, 4) is 5.75 Å². The third kappa shape index (κ3) is 2.96. The molecule has 1 heterocycles. The lowest BCUT2D eigenvalue weighted by molar-refractivity contribution is 0.0671. The van der Waals surface area contributed by atoms with Crippen LogP contribution in [0.25, 0.3) is 0 Å². The fourth-order valence-electron chi connectivity index (χ4n) is 2.41. The van der Waals surface area contributed by atoms with Crippen molar-refractivity contribution in [2.45, 2.75) is 26.2 Å². The number of rotatable bonds is 2. The Morgan fingerprint density at radius 2 is 2.33 bits per heavy atom. The number of carbonyl (C=O) groups excluding carboxylic acids is 1. The number of phenolic OH excluding ortho intramolecular Hbond substituents is 1. The SMILES string of the molecule is CCC1CCCN(C(=O)c2ccc(I)c(O)c2)C1. The quantitative estimate of drug-likeness (QED) is 0.824. The molecule has 0 aromatic heterocycles. The molecule has 1 aromatic rings. The second-order valence-corrected chi connectivity index (χ2v) is 6.00. The molecule has 1 N–H and O–H groups in total. The molecule has 1 aromatic carbocycles. The Balaban J connectivity index is 2.12. The number of aromatic hydroxyl groups is 1. The standard InChI is InChI=1S/C14H18INO2/c1-2-10-4-3-7-16(9-10)14(18)11-5-6-12(15)13(17)8-11/h5-6,8,10,17H,2-4,7,9H2,1H3. The molecule has 0 saturated carbocycles. The van der Waals surface area contributed by atoms with Crippen LogP contribution in [0.1, 0.15) is 36.5 Å². The predicted octanol–water partition coefficient (Wildman–Crippen LogP) is 3.26. The number of phenols is 1. The summed E-state index contributed by atoms with van der Waals surface area (Å²) in [5.74, 6) is 0.852. The van der Waals surface area contributed by atoms with Crippen molar-refractivity contribution in [1.82, 2.24) is 4.90 Å². The van der Waals surface area contributed by atoms with E-state index in [4.69, 9.17) is 0 Å². The molecule has 3 nitrogen and oxygen atoms in total. The Morgan fingerprint density at radius 3 is 3.00 bits per heavy atom. The number of benzene rings is 1. The van der Waals surface area contributed by atoms with Gasteiger partial charge in [-0.15, -0.1) is 0 Å². The summed E-state index contributed by atoms with van der Waals surface area (Å²) >= 11 is 2.05. The van der Waals surface area contributed by atoms with Gasteiger partial charge in [0.05, 0.1) is 3.57 Å². The second kappa shape index (κ2) is 5.91. The highest BCUT2D eigenvalue weighted by molar-refractivity contribution is 14.1. The van der Waals surface area contributed by atoms with Crippen molar-refractivity contribution in [2.75, 3.05) is 13.1 Å². The summed E-state index contributed by atoms with van der Waals surface area (Å²) in [5, 5.41) is 9.67. The smallest absolute Gasteiger partial charge is 0.253 e. The lowest BCUT2D eigenvalue weighted by atomic mass is 9.95. The topological polar surface area (TPSA) is 40.5 Å². The summed E-state index contributed by atoms with van der Waals surface area (Å²) in [5.41, 5.74) is 0.588. The Bertz CT molecular complexity index is 447. The second-order valence-electron chi connectivity index (χ2n) is 4.83. The summed E-state index contributed by atoms with van der Waals surface area (Å²) in [6.45, 7) is 3.86. The molecule has 0 aliphatic carbocycles. The van der Waals surface area contributed by atoms with Crippen molar-refractivity contribution in [3.05, 3.63) is 27.3 Å². The van der Waals surface area contributed by atoms with Gasteiger partial charge in [0.15, 0.2) is 0 Å². The van der Waals surface area contributed by atoms with Gasteiger partial charge >= 0.3 is 0 Å². The van der Waals surface area contributed by atoms with Crippen LogP contribution in [0.4, 0.5) is 0 Å². The number of hydrogen-bond donors (Lipinski definition) is 1. The fourth-order valence-corrected chi connectivity index (χ4v) is 2.75. The lowest BCUT2D eigenvalue weighted by Crippen LogP contribution is -2.39. The molecule has 98 valence electrons. The maximum atomic E-state index is 12.3. The van der Waals surface area contributed by atoms with E-state index in [2.05, 4.69) is 29.5 Å². The molecular weight excluding hydrogens is 341 g/mol. The van der Waals surface area contributed by atoms with Crippen molar-refractivity contribution >= 4 is 28.5 Å². The Labute approximate surface area is 121 Å². The normalized spacial score (nSPS) is 19.9. The summed E-state index contributed by atoms with van der Waals surface area (Å²) in [6.07, 6.45) is 3.43. The summed E-state index contributed by atoms with van der Waals surface area (Å²) in [4.78, 5) is 14.3. The molecular formula is C14H18INO2. The largest absolute Gasteiger partial charge is 0.507 e. The molecule has 0 spiro atoms. The van der Waals surface area contributed by atoms with Gasteiger partial charge in [-0.05, 0) is 59.5 Å². The van der Waals surface area contributed by atoms with Gasteiger partial charge in [-0.25, -0.2) is 0 Å². The third-order valence-electron chi connectivity index (χ3n) is 3.58. The van der Waals surface area contributed by atoms with Crippen LogP contribution in [0, 0.1) is 9.49 Å². The zero-order chi connectivity index (χ0) is 13.1. The van der Waals surface area contributed by atoms with Crippen LogP contribution in [-0.4, -0.2) is 29.0 Å². The minimum Gasteiger partial charge on any atom is -0.507 e. The van der Waals surface area contributed by atoms with E-state index in [0.717, 1.165) is 29.5 Å². The van der Waals surface area contributed by atoms with E-state index < -0.39 is 0 Å². The van der Waals surface area contributed by atoms with Crippen LogP contribution in [0.5, 0.6) is 5.75 Å². The van der Waals surface area contributed by atoms with Crippen molar-refractivity contribution in [3.63, 3.8) is 0 Å². The predicted molar refractivity (Wildman–Crippen MR) is 79.7 cm³/mol. The van der Waals surface area contributed by atoms with E-state index in [1.54, 1.807) is 18.2 Å². The molecule has 1 aliphatic rings. The molecule has 0 bridgehead atoms. The molecule has 2 rings (SSSR count). The van der Waals surface area contributed by atoms with Gasteiger partial charge in [0, 0.05) is 18.7 Å². The zero-order valence-corrected chi connectivity index (χ0v) is 12.7. The first-order chi connectivity index (χ1) is 8.61. The minimum absolute atomic E-state index is 0.0415. The van der Waals surface area contributed by atoms with Gasteiger partial charge in [0.2, 0.25) is 0 Å². The highest BCUT2D eigenvalue weighted by atomic mass is 127. The van der Waals surface area contributed by atoms with Crippen LogP contribution in [0.2, 0.25) is 0 Å². The Kier molecular flexibility index (Phi) is 4.48. The molecule has 18 heavy (non-hydrogen) atoms. The van der Waals surface area contributed by atoms with E-state index in [1.807, 2.05) is 4.90 Å². The van der Waals surface area contributed by atoms with Crippen LogP contribution in [0.15, 0.2) is 18.2 Å². The molecule has 1 fully saturated rings. The number of hydrogen-bond acceptors (Lipinski definition) is 2. The molecule has 4 heteroatoms. The van der Waals surface area contributed by atoms with Crippen LogP contribution < -0.4 is 0 Å². The molecule has 1 amide bonds. The molecule has 1 aliphatic heterocycles. The van der Waals surface area contributed by atoms with Crippen molar-refractivity contribution in [2.24, 2.45) is 5.92 Å². The number of nitrogens with zero attached hydrogens (tertiary/aromatic N) is 1. The summed E-state index contributed by atoms with van der Waals surface area (Å²) in [6, 6.07) is 5.14. The highest BCUT2D eigenvalue weighted by Crippen LogP contribution is 2.24. The number of piperidine rings is 1. The molecule has 1 atom stereocenters. The van der Waals surface area contributed by atoms with Crippen LogP contribution in [-0.2, 0) is 0 Å². The Hall–Kier alpha value is -0.780. The zero-order valence-electron chi connectivity index (χ0n) is 10.5. The van der Waals surface area contributed by atoms with Gasteiger partial charge in [0.25, 0.3) is 5.91 Å². The van der Waals surface area contributed by atoms with E-state index in [-0.39, 0.29) is 11.7 Å². The first-order valence-corrected chi connectivity index (χ1v) is 7.47. The number of carbonyl (C=O) groups is 1. The van der Waals surface area contributed by atoms with E-state index >= 15 is 0 Å². The maximum absolute atomic E-state index is 12.3. The van der Waals surface area contributed by atoms with Gasteiger partial charge in [-0.1, -0.05) is 13.3 Å². The number of amides is 1. The fraction of sp³-hybridized carbons (Fsp3) is 0.500. The summed E-state index contributed by atoms with van der Waals surface area (Å²) < 4.78 is 0.772. The van der Waals surface area contributed by atoms with Crippen LogP contribution >= 0.6 is 22.6 Å². The molecule has 1 unspecified atom stereocenters. The van der Waals surface area contributed by atoms with Gasteiger partial charge in [-0.2, -0.15) is 0 Å². The Morgan fingerprint density at radius 1 is 1.56 bits per heavy atom. The van der Waals surface area contributed by atoms with E-state index in [9.17, 15) is 9.90 Å². The average Bonchev–Trinajstić information content (AvgIpc) is 2.41. The molecule has 0 radical (unpaired) electrons. The minimum atomic E-state index is 0.0415. The third-order valence-corrected chi connectivity index (χ3v) is 4.49. The van der Waals surface area contributed by atoms with Gasteiger partial charge in [-0.3, -0.25) is 4.79 Å².